The highest BCUT2D eigenvalue weighted by molar-refractivity contribution is 6.28. The lowest BCUT2D eigenvalue weighted by Gasteiger charge is -2.20. The Labute approximate surface area is 122 Å². The zero-order valence-electron chi connectivity index (χ0n) is 11.4. The van der Waals surface area contributed by atoms with Gasteiger partial charge in [0.2, 0.25) is 17.2 Å². The van der Waals surface area contributed by atoms with E-state index in [1.165, 1.54) is 0 Å². The average Bonchev–Trinajstić information content (AvgIpc) is 3.10. The highest BCUT2D eigenvalue weighted by Crippen LogP contribution is 2.20. The minimum absolute atomic E-state index is 0.201. The molecule has 0 saturated carbocycles. The number of imidazole rings is 1. The first kappa shape index (κ1) is 13.3. The molecule has 2 aromatic heterocycles. The molecule has 20 heavy (non-hydrogen) atoms. The second-order valence-corrected chi connectivity index (χ2v) is 5.36. The van der Waals surface area contributed by atoms with Crippen LogP contribution < -0.4 is 4.90 Å². The van der Waals surface area contributed by atoms with Crippen molar-refractivity contribution in [2.45, 2.75) is 12.5 Å². The fourth-order valence-corrected chi connectivity index (χ4v) is 2.46. The molecule has 7 nitrogen and oxygen atoms in total. The first-order chi connectivity index (χ1) is 9.63. The van der Waals surface area contributed by atoms with Crippen LogP contribution in [-0.4, -0.2) is 62.6 Å². The minimum atomic E-state index is 0.201. The van der Waals surface area contributed by atoms with E-state index in [2.05, 4.69) is 43.8 Å². The van der Waals surface area contributed by atoms with Crippen LogP contribution >= 0.6 is 11.6 Å². The Morgan fingerprint density at radius 1 is 1.25 bits per heavy atom. The number of aromatic nitrogens is 5. The Morgan fingerprint density at radius 2 is 2.05 bits per heavy atom. The molecule has 1 fully saturated rings. The zero-order chi connectivity index (χ0) is 14.1. The number of halogens is 1. The summed E-state index contributed by atoms with van der Waals surface area (Å²) in [4.78, 5) is 21.2. The molecule has 0 bridgehead atoms. The number of anilines is 1. The SMILES string of the molecule is CN(C)C1CCN(c2nc(Cl)nc(-n3ccnc3)n2)C1. The van der Waals surface area contributed by atoms with Gasteiger partial charge in [0.1, 0.15) is 6.33 Å². The van der Waals surface area contributed by atoms with Crippen molar-refractivity contribution < 1.29 is 0 Å². The zero-order valence-corrected chi connectivity index (χ0v) is 12.2. The van der Waals surface area contributed by atoms with Crippen molar-refractivity contribution in [3.63, 3.8) is 0 Å². The van der Waals surface area contributed by atoms with Gasteiger partial charge in [0.15, 0.2) is 0 Å². The topological polar surface area (TPSA) is 63.0 Å². The largest absolute Gasteiger partial charge is 0.339 e. The van der Waals surface area contributed by atoms with Crippen LogP contribution in [0.25, 0.3) is 5.95 Å². The van der Waals surface area contributed by atoms with Gasteiger partial charge in [-0.3, -0.25) is 4.57 Å². The van der Waals surface area contributed by atoms with Crippen LogP contribution in [0.3, 0.4) is 0 Å². The average molecular weight is 294 g/mol. The highest BCUT2D eigenvalue weighted by Gasteiger charge is 2.26. The van der Waals surface area contributed by atoms with Gasteiger partial charge in [0.05, 0.1) is 0 Å². The van der Waals surface area contributed by atoms with Crippen molar-refractivity contribution in [2.24, 2.45) is 0 Å². The Kier molecular flexibility index (Phi) is 3.54. The standard InChI is InChI=1S/C12H16ClN7/c1-18(2)9-3-5-19(7-9)11-15-10(13)16-12(17-11)20-6-4-14-8-20/h4,6,8-9H,3,5,7H2,1-2H3. The molecule has 0 N–H and O–H groups in total. The molecule has 0 amide bonds. The molecule has 8 heteroatoms. The number of nitrogens with zero attached hydrogens (tertiary/aromatic N) is 7. The Hall–Kier alpha value is -1.73. The lowest BCUT2D eigenvalue weighted by Crippen LogP contribution is -2.32. The summed E-state index contributed by atoms with van der Waals surface area (Å²) in [6.07, 6.45) is 6.19. The quantitative estimate of drug-likeness (QED) is 0.836. The molecule has 0 radical (unpaired) electrons. The normalized spacial score (nSPS) is 19.0. The summed E-state index contributed by atoms with van der Waals surface area (Å²) in [5.74, 6) is 1.11. The number of hydrogen-bond acceptors (Lipinski definition) is 6. The molecule has 0 aromatic carbocycles. The van der Waals surface area contributed by atoms with E-state index >= 15 is 0 Å². The van der Waals surface area contributed by atoms with E-state index in [4.69, 9.17) is 11.6 Å². The first-order valence-corrected chi connectivity index (χ1v) is 6.82. The van der Waals surface area contributed by atoms with Crippen molar-refractivity contribution >= 4 is 17.5 Å². The number of rotatable bonds is 3. The summed E-state index contributed by atoms with van der Waals surface area (Å²) < 4.78 is 1.72. The van der Waals surface area contributed by atoms with Gasteiger partial charge in [0.25, 0.3) is 0 Å². The van der Waals surface area contributed by atoms with E-state index in [0.29, 0.717) is 17.9 Å². The van der Waals surface area contributed by atoms with Gasteiger partial charge in [-0.2, -0.15) is 15.0 Å². The summed E-state index contributed by atoms with van der Waals surface area (Å²) in [6.45, 7) is 1.82. The maximum atomic E-state index is 6.01. The van der Waals surface area contributed by atoms with Crippen LogP contribution in [0.4, 0.5) is 5.95 Å². The fourth-order valence-electron chi connectivity index (χ4n) is 2.31. The molecular weight excluding hydrogens is 278 g/mol. The van der Waals surface area contributed by atoms with Crippen LogP contribution in [0.2, 0.25) is 5.28 Å². The molecule has 1 atom stereocenters. The maximum absolute atomic E-state index is 6.01. The van der Waals surface area contributed by atoms with Gasteiger partial charge < -0.3 is 9.80 Å². The first-order valence-electron chi connectivity index (χ1n) is 6.45. The predicted molar refractivity (Wildman–Crippen MR) is 76.3 cm³/mol. The Balaban J connectivity index is 1.87. The molecule has 2 aromatic rings. The van der Waals surface area contributed by atoms with Crippen LogP contribution in [0.5, 0.6) is 0 Å². The lowest BCUT2D eigenvalue weighted by atomic mass is 10.2. The molecule has 0 aliphatic carbocycles. The van der Waals surface area contributed by atoms with E-state index in [-0.39, 0.29) is 5.28 Å². The van der Waals surface area contributed by atoms with Crippen LogP contribution in [0.1, 0.15) is 6.42 Å². The van der Waals surface area contributed by atoms with E-state index in [1.807, 2.05) is 0 Å². The smallest absolute Gasteiger partial charge is 0.241 e. The monoisotopic (exact) mass is 293 g/mol. The molecular formula is C12H16ClN7. The van der Waals surface area contributed by atoms with Crippen LogP contribution in [0.15, 0.2) is 18.7 Å². The van der Waals surface area contributed by atoms with Crippen molar-refractivity contribution in [3.8, 4) is 5.95 Å². The van der Waals surface area contributed by atoms with Crippen LogP contribution in [-0.2, 0) is 0 Å². The summed E-state index contributed by atoms with van der Waals surface area (Å²) in [5, 5.41) is 0.201. The van der Waals surface area contributed by atoms with Gasteiger partial charge in [-0.15, -0.1) is 0 Å². The maximum Gasteiger partial charge on any atom is 0.241 e. The van der Waals surface area contributed by atoms with Crippen molar-refractivity contribution in [1.29, 1.82) is 0 Å². The van der Waals surface area contributed by atoms with E-state index in [9.17, 15) is 0 Å². The van der Waals surface area contributed by atoms with E-state index < -0.39 is 0 Å². The van der Waals surface area contributed by atoms with E-state index in [0.717, 1.165) is 19.5 Å². The molecule has 106 valence electrons. The second-order valence-electron chi connectivity index (χ2n) is 5.03. The summed E-state index contributed by atoms with van der Waals surface area (Å²) in [7, 11) is 4.18. The predicted octanol–water partition coefficient (Wildman–Crippen LogP) is 0.851. The molecule has 1 unspecified atom stereocenters. The van der Waals surface area contributed by atoms with Gasteiger partial charge in [-0.05, 0) is 32.1 Å². The second kappa shape index (κ2) is 5.34. The highest BCUT2D eigenvalue weighted by atomic mass is 35.5. The van der Waals surface area contributed by atoms with E-state index in [1.54, 1.807) is 23.3 Å². The molecule has 3 rings (SSSR count). The third kappa shape index (κ3) is 2.59. The van der Waals surface area contributed by atoms with Gasteiger partial charge in [0, 0.05) is 31.5 Å². The van der Waals surface area contributed by atoms with Gasteiger partial charge >= 0.3 is 0 Å². The summed E-state index contributed by atoms with van der Waals surface area (Å²) in [5.41, 5.74) is 0. The molecule has 3 heterocycles. The lowest BCUT2D eigenvalue weighted by molar-refractivity contribution is 0.315. The van der Waals surface area contributed by atoms with Crippen LogP contribution in [0, 0.1) is 0 Å². The number of likely N-dealkylation sites (N-methyl/N-ethyl adjacent to an activating group) is 1. The minimum Gasteiger partial charge on any atom is -0.339 e. The molecule has 1 saturated heterocycles. The molecule has 0 spiro atoms. The van der Waals surface area contributed by atoms with Crippen molar-refractivity contribution in [2.75, 3.05) is 32.1 Å². The Bertz CT molecular complexity index is 583. The van der Waals surface area contributed by atoms with Crippen molar-refractivity contribution in [3.05, 3.63) is 24.0 Å². The molecule has 1 aliphatic rings. The molecule has 1 aliphatic heterocycles. The third-order valence-corrected chi connectivity index (χ3v) is 3.67. The number of hydrogen-bond donors (Lipinski definition) is 0. The summed E-state index contributed by atoms with van der Waals surface area (Å²) in [6, 6.07) is 0.516. The van der Waals surface area contributed by atoms with Gasteiger partial charge in [-0.25, -0.2) is 4.98 Å². The fraction of sp³-hybridized carbons (Fsp3) is 0.500. The van der Waals surface area contributed by atoms with Crippen molar-refractivity contribution in [1.82, 2.24) is 29.4 Å². The summed E-state index contributed by atoms with van der Waals surface area (Å²) >= 11 is 6.01. The Morgan fingerprint density at radius 3 is 2.70 bits per heavy atom. The third-order valence-electron chi connectivity index (χ3n) is 3.50. The van der Waals surface area contributed by atoms with Gasteiger partial charge in [-0.1, -0.05) is 0 Å².